The van der Waals surface area contributed by atoms with E-state index in [-0.39, 0.29) is 5.63 Å². The topological polar surface area (TPSA) is 42.7 Å². The summed E-state index contributed by atoms with van der Waals surface area (Å²) >= 11 is 0. The monoisotopic (exact) mass is 349 g/mol. The van der Waals surface area contributed by atoms with Crippen molar-refractivity contribution >= 4 is 16.7 Å². The van der Waals surface area contributed by atoms with Crippen LogP contribution in [0.15, 0.2) is 33.5 Å². The van der Waals surface area contributed by atoms with E-state index in [9.17, 15) is 4.79 Å². The maximum atomic E-state index is 12.1. The van der Waals surface area contributed by atoms with Crippen LogP contribution < -0.4 is 15.3 Å². The van der Waals surface area contributed by atoms with E-state index in [1.807, 2.05) is 20.8 Å². The van der Waals surface area contributed by atoms with Gasteiger partial charge < -0.3 is 14.1 Å². The molecule has 0 aliphatic carbocycles. The van der Waals surface area contributed by atoms with E-state index in [0.29, 0.717) is 17.9 Å². The second-order valence-corrected chi connectivity index (χ2v) is 7.27. The minimum absolute atomic E-state index is 0.272. The number of ether oxygens (including phenoxy) is 1. The van der Waals surface area contributed by atoms with Crippen LogP contribution in [-0.4, -0.2) is 6.73 Å². The molecular formula is C22H23NO3. The molecule has 1 aliphatic heterocycles. The molecule has 2 heterocycles. The van der Waals surface area contributed by atoms with Crippen LogP contribution in [0.3, 0.4) is 0 Å². The molecule has 4 heteroatoms. The maximum absolute atomic E-state index is 12.1. The Hall–Kier alpha value is -2.75. The van der Waals surface area contributed by atoms with Crippen LogP contribution in [-0.2, 0) is 6.54 Å². The summed E-state index contributed by atoms with van der Waals surface area (Å²) in [5.41, 5.74) is 7.72. The lowest BCUT2D eigenvalue weighted by Crippen LogP contribution is -2.32. The molecule has 134 valence electrons. The molecule has 0 bridgehead atoms. The lowest BCUT2D eigenvalue weighted by Gasteiger charge is -2.33. The number of nitrogens with zero attached hydrogens (tertiary/aromatic N) is 1. The standard InChI is InChI=1S/C22H23NO3/c1-12-6-7-19(13(2)8-12)23-10-17-9-18-14(3)15(4)22(24)26-21(18)16(5)20(17)25-11-23/h6-9H,10-11H2,1-5H3. The number of hydrogen-bond donors (Lipinski definition) is 0. The summed E-state index contributed by atoms with van der Waals surface area (Å²) in [5.74, 6) is 0.838. The molecule has 0 spiro atoms. The van der Waals surface area contributed by atoms with E-state index in [2.05, 4.69) is 43.0 Å². The van der Waals surface area contributed by atoms with E-state index in [1.54, 1.807) is 0 Å². The molecular weight excluding hydrogens is 326 g/mol. The first-order chi connectivity index (χ1) is 12.4. The Morgan fingerprint density at radius 1 is 0.962 bits per heavy atom. The molecule has 26 heavy (non-hydrogen) atoms. The molecule has 0 radical (unpaired) electrons. The van der Waals surface area contributed by atoms with Crippen LogP contribution in [0.2, 0.25) is 0 Å². The summed E-state index contributed by atoms with van der Waals surface area (Å²) in [6, 6.07) is 8.59. The fourth-order valence-electron chi connectivity index (χ4n) is 3.81. The van der Waals surface area contributed by atoms with Crippen molar-refractivity contribution in [1.82, 2.24) is 0 Å². The van der Waals surface area contributed by atoms with E-state index in [0.717, 1.165) is 34.4 Å². The molecule has 4 nitrogen and oxygen atoms in total. The first-order valence-electron chi connectivity index (χ1n) is 8.88. The highest BCUT2D eigenvalue weighted by molar-refractivity contribution is 5.87. The van der Waals surface area contributed by atoms with Gasteiger partial charge in [-0.2, -0.15) is 0 Å². The zero-order valence-electron chi connectivity index (χ0n) is 15.9. The third-order valence-corrected chi connectivity index (χ3v) is 5.42. The van der Waals surface area contributed by atoms with Gasteiger partial charge in [-0.25, -0.2) is 4.79 Å². The summed E-state index contributed by atoms with van der Waals surface area (Å²) in [5, 5.41) is 0.990. The van der Waals surface area contributed by atoms with Crippen LogP contribution >= 0.6 is 0 Å². The highest BCUT2D eigenvalue weighted by atomic mass is 16.5. The molecule has 0 saturated carbocycles. The van der Waals surface area contributed by atoms with Crippen molar-refractivity contribution in [3.63, 3.8) is 0 Å². The van der Waals surface area contributed by atoms with Gasteiger partial charge in [0.25, 0.3) is 0 Å². The predicted molar refractivity (Wildman–Crippen MR) is 104 cm³/mol. The SMILES string of the molecule is Cc1ccc(N2COc3c(cc4c(C)c(C)c(=O)oc4c3C)C2)c(C)c1. The number of fused-ring (bicyclic) bond motifs is 2. The Morgan fingerprint density at radius 3 is 2.46 bits per heavy atom. The number of anilines is 1. The van der Waals surface area contributed by atoms with Crippen molar-refractivity contribution in [1.29, 1.82) is 0 Å². The largest absolute Gasteiger partial charge is 0.472 e. The van der Waals surface area contributed by atoms with Crippen LogP contribution in [0.5, 0.6) is 5.75 Å². The normalized spacial score (nSPS) is 13.7. The first-order valence-corrected chi connectivity index (χ1v) is 8.88. The summed E-state index contributed by atoms with van der Waals surface area (Å²) in [7, 11) is 0. The van der Waals surface area contributed by atoms with E-state index < -0.39 is 0 Å². The maximum Gasteiger partial charge on any atom is 0.339 e. The fourth-order valence-corrected chi connectivity index (χ4v) is 3.81. The minimum atomic E-state index is -0.272. The van der Waals surface area contributed by atoms with E-state index in [4.69, 9.17) is 9.15 Å². The second-order valence-electron chi connectivity index (χ2n) is 7.27. The summed E-state index contributed by atoms with van der Waals surface area (Å²) in [6.45, 7) is 11.2. The molecule has 0 N–H and O–H groups in total. The number of aryl methyl sites for hydroxylation is 4. The van der Waals surface area contributed by atoms with Crippen molar-refractivity contribution < 1.29 is 9.15 Å². The predicted octanol–water partition coefficient (Wildman–Crippen LogP) is 4.69. The van der Waals surface area contributed by atoms with Crippen molar-refractivity contribution in [3.8, 4) is 5.75 Å². The molecule has 1 aliphatic rings. The van der Waals surface area contributed by atoms with Gasteiger partial charge in [-0.15, -0.1) is 0 Å². The van der Waals surface area contributed by atoms with Crippen LogP contribution in [0, 0.1) is 34.6 Å². The molecule has 0 atom stereocenters. The van der Waals surface area contributed by atoms with Gasteiger partial charge in [0.05, 0.1) is 0 Å². The third kappa shape index (κ3) is 2.48. The Labute approximate surface area is 153 Å². The second kappa shape index (κ2) is 5.90. The Morgan fingerprint density at radius 2 is 1.73 bits per heavy atom. The highest BCUT2D eigenvalue weighted by Gasteiger charge is 2.24. The quantitative estimate of drug-likeness (QED) is 0.598. The van der Waals surface area contributed by atoms with Crippen molar-refractivity contribution in [2.45, 2.75) is 41.2 Å². The molecule has 4 rings (SSSR count). The van der Waals surface area contributed by atoms with Gasteiger partial charge in [0.1, 0.15) is 11.3 Å². The molecule has 0 fully saturated rings. The van der Waals surface area contributed by atoms with Gasteiger partial charge in [0, 0.05) is 34.3 Å². The summed E-state index contributed by atoms with van der Waals surface area (Å²) in [4.78, 5) is 14.3. The van der Waals surface area contributed by atoms with E-state index >= 15 is 0 Å². The molecule has 0 amide bonds. The summed E-state index contributed by atoms with van der Waals surface area (Å²) in [6.07, 6.45) is 0. The molecule has 3 aromatic rings. The highest BCUT2D eigenvalue weighted by Crippen LogP contribution is 2.37. The van der Waals surface area contributed by atoms with Crippen molar-refractivity contribution in [3.05, 3.63) is 68.1 Å². The zero-order valence-corrected chi connectivity index (χ0v) is 15.9. The van der Waals surface area contributed by atoms with Crippen LogP contribution in [0.1, 0.15) is 33.4 Å². The van der Waals surface area contributed by atoms with Gasteiger partial charge in [-0.3, -0.25) is 0 Å². The van der Waals surface area contributed by atoms with Gasteiger partial charge in [0.15, 0.2) is 6.73 Å². The summed E-state index contributed by atoms with van der Waals surface area (Å²) < 4.78 is 11.7. The zero-order chi connectivity index (χ0) is 18.6. The van der Waals surface area contributed by atoms with Gasteiger partial charge in [0.2, 0.25) is 0 Å². The Bertz CT molecular complexity index is 1090. The number of benzene rings is 2. The Kier molecular flexibility index (Phi) is 3.79. The fraction of sp³-hybridized carbons (Fsp3) is 0.318. The lowest BCUT2D eigenvalue weighted by molar-refractivity contribution is 0.287. The van der Waals surface area contributed by atoms with Crippen molar-refractivity contribution in [2.75, 3.05) is 11.6 Å². The van der Waals surface area contributed by atoms with Gasteiger partial charge in [-0.05, 0) is 57.9 Å². The third-order valence-electron chi connectivity index (χ3n) is 5.42. The average molecular weight is 349 g/mol. The number of rotatable bonds is 1. The molecule has 1 aromatic heterocycles. The van der Waals surface area contributed by atoms with Crippen LogP contribution in [0.25, 0.3) is 11.0 Å². The van der Waals surface area contributed by atoms with Gasteiger partial charge in [-0.1, -0.05) is 17.7 Å². The first kappa shape index (κ1) is 16.7. The molecule has 0 saturated heterocycles. The average Bonchev–Trinajstić information content (AvgIpc) is 2.61. The molecule has 0 unspecified atom stereocenters. The van der Waals surface area contributed by atoms with Crippen LogP contribution in [0.4, 0.5) is 5.69 Å². The van der Waals surface area contributed by atoms with Crippen molar-refractivity contribution in [2.24, 2.45) is 0 Å². The minimum Gasteiger partial charge on any atom is -0.472 e. The molecule has 2 aromatic carbocycles. The van der Waals surface area contributed by atoms with E-state index in [1.165, 1.54) is 16.8 Å². The lowest BCUT2D eigenvalue weighted by atomic mass is 9.99. The number of hydrogen-bond acceptors (Lipinski definition) is 4. The Balaban J connectivity index is 1.84. The van der Waals surface area contributed by atoms with Gasteiger partial charge >= 0.3 is 5.63 Å². The smallest absolute Gasteiger partial charge is 0.339 e.